The number of nitrogens with zero attached hydrogens (tertiary/aromatic N) is 1. The van der Waals surface area contributed by atoms with Crippen molar-refractivity contribution in [3.8, 4) is 0 Å². The summed E-state index contributed by atoms with van der Waals surface area (Å²) in [4.78, 5) is 15.5. The molecule has 14 heavy (non-hydrogen) atoms. The minimum atomic E-state index is 0.0883. The Morgan fingerprint density at radius 2 is 2.29 bits per heavy atom. The van der Waals surface area contributed by atoms with Crippen LogP contribution >= 0.6 is 11.6 Å². The van der Waals surface area contributed by atoms with E-state index in [4.69, 9.17) is 11.6 Å². The number of hydrogen-bond acceptors (Lipinski definition) is 2. The molecule has 0 amide bonds. The topological polar surface area (TPSA) is 30.0 Å². The molecule has 0 saturated heterocycles. The van der Waals surface area contributed by atoms with E-state index in [1.165, 1.54) is 0 Å². The predicted octanol–water partition coefficient (Wildman–Crippen LogP) is 2.57. The molecule has 0 aliphatic heterocycles. The predicted molar refractivity (Wildman–Crippen MR) is 56.3 cm³/mol. The van der Waals surface area contributed by atoms with Crippen LogP contribution in [0.2, 0.25) is 5.15 Å². The van der Waals surface area contributed by atoms with Gasteiger partial charge in [0, 0.05) is 11.3 Å². The number of carbonyl (C=O) groups excluding carboxylic acids is 1. The summed E-state index contributed by atoms with van der Waals surface area (Å²) in [5, 5.41) is 0.454. The van der Waals surface area contributed by atoms with Gasteiger partial charge in [-0.15, -0.1) is 0 Å². The first-order valence-corrected chi connectivity index (χ1v) is 4.85. The maximum absolute atomic E-state index is 11.3. The second kappa shape index (κ2) is 3.21. The molecule has 0 N–H and O–H groups in total. The van der Waals surface area contributed by atoms with Crippen LogP contribution in [-0.2, 0) is 11.2 Å². The number of allylic oxidation sites excluding steroid dienone is 2. The number of fused-ring (bicyclic) bond motifs is 1. The summed E-state index contributed by atoms with van der Waals surface area (Å²) in [6.45, 7) is 3.49. The van der Waals surface area contributed by atoms with Gasteiger partial charge >= 0.3 is 0 Å². The Kier molecular flexibility index (Phi) is 2.16. The molecule has 2 rings (SSSR count). The highest BCUT2D eigenvalue weighted by molar-refractivity contribution is 6.30. The van der Waals surface area contributed by atoms with Crippen LogP contribution < -0.4 is 0 Å². The van der Waals surface area contributed by atoms with Crippen molar-refractivity contribution in [3.05, 3.63) is 34.1 Å². The van der Waals surface area contributed by atoms with E-state index >= 15 is 0 Å². The lowest BCUT2D eigenvalue weighted by Crippen LogP contribution is -1.97. The van der Waals surface area contributed by atoms with Gasteiger partial charge in [0.15, 0.2) is 5.78 Å². The molecule has 0 radical (unpaired) electrons. The maximum atomic E-state index is 11.3. The fourth-order valence-corrected chi connectivity index (χ4v) is 2.04. The fourth-order valence-electron chi connectivity index (χ4n) is 1.81. The van der Waals surface area contributed by atoms with Crippen LogP contribution in [0.25, 0.3) is 5.57 Å². The third kappa shape index (κ3) is 1.36. The summed E-state index contributed by atoms with van der Waals surface area (Å²) in [5.41, 5.74) is 3.77. The first-order chi connectivity index (χ1) is 6.59. The van der Waals surface area contributed by atoms with Crippen molar-refractivity contribution in [1.29, 1.82) is 0 Å². The van der Waals surface area contributed by atoms with Crippen LogP contribution in [0.4, 0.5) is 0 Å². The number of Topliss-reactive ketones (excluding diaryl/α,β-unsaturated/α-hetero) is 1. The van der Waals surface area contributed by atoms with Crippen LogP contribution in [0.15, 0.2) is 12.1 Å². The molecule has 1 heterocycles. The van der Waals surface area contributed by atoms with Crippen LogP contribution in [0, 0.1) is 6.92 Å². The molecule has 0 saturated carbocycles. The standard InChI is InChI=1S/C11H10ClNO/c1-6-8-3-4-9(7(2)14)10(8)5-11(12)13-6/h4-5H,3H2,1-2H3. The van der Waals surface area contributed by atoms with Gasteiger partial charge in [0.2, 0.25) is 0 Å². The van der Waals surface area contributed by atoms with E-state index in [1.807, 2.05) is 13.0 Å². The molecule has 1 aromatic rings. The van der Waals surface area contributed by atoms with E-state index in [0.717, 1.165) is 28.8 Å². The van der Waals surface area contributed by atoms with Crippen molar-refractivity contribution in [2.45, 2.75) is 20.3 Å². The second-order valence-corrected chi connectivity index (χ2v) is 3.82. The summed E-state index contributed by atoms with van der Waals surface area (Å²) >= 11 is 5.85. The zero-order valence-electron chi connectivity index (χ0n) is 8.10. The molecule has 1 aromatic heterocycles. The first-order valence-electron chi connectivity index (χ1n) is 4.47. The minimum absolute atomic E-state index is 0.0883. The molecule has 0 fully saturated rings. The van der Waals surface area contributed by atoms with Crippen LogP contribution in [0.5, 0.6) is 0 Å². The summed E-state index contributed by atoms with van der Waals surface area (Å²) in [6, 6.07) is 1.77. The van der Waals surface area contributed by atoms with E-state index in [9.17, 15) is 4.79 Å². The zero-order chi connectivity index (χ0) is 10.3. The van der Waals surface area contributed by atoms with E-state index in [-0.39, 0.29) is 5.78 Å². The van der Waals surface area contributed by atoms with Crippen molar-refractivity contribution in [3.63, 3.8) is 0 Å². The highest BCUT2D eigenvalue weighted by atomic mass is 35.5. The monoisotopic (exact) mass is 207 g/mol. The lowest BCUT2D eigenvalue weighted by molar-refractivity contribution is -0.111. The highest BCUT2D eigenvalue weighted by Gasteiger charge is 2.20. The number of rotatable bonds is 1. The number of aromatic nitrogens is 1. The molecular weight excluding hydrogens is 198 g/mol. The summed E-state index contributed by atoms with van der Waals surface area (Å²) in [7, 11) is 0. The van der Waals surface area contributed by atoms with Crippen molar-refractivity contribution < 1.29 is 4.79 Å². The van der Waals surface area contributed by atoms with Crippen molar-refractivity contribution in [2.24, 2.45) is 0 Å². The van der Waals surface area contributed by atoms with Gasteiger partial charge in [0.1, 0.15) is 5.15 Å². The number of carbonyl (C=O) groups is 1. The molecular formula is C11H10ClNO. The summed E-state index contributed by atoms with van der Waals surface area (Å²) in [5.74, 6) is 0.0883. The van der Waals surface area contributed by atoms with Gasteiger partial charge in [-0.1, -0.05) is 17.7 Å². The molecule has 1 aliphatic rings. The molecule has 0 unspecified atom stereocenters. The largest absolute Gasteiger partial charge is 0.295 e. The second-order valence-electron chi connectivity index (χ2n) is 3.43. The van der Waals surface area contributed by atoms with E-state index in [0.29, 0.717) is 5.15 Å². The number of aryl methyl sites for hydroxylation is 1. The average molecular weight is 208 g/mol. The van der Waals surface area contributed by atoms with Gasteiger partial charge in [-0.2, -0.15) is 0 Å². The van der Waals surface area contributed by atoms with Crippen molar-refractivity contribution in [2.75, 3.05) is 0 Å². The lowest BCUT2D eigenvalue weighted by Gasteiger charge is -2.05. The molecule has 0 spiro atoms. The number of halogens is 1. The number of hydrogen-bond donors (Lipinski definition) is 0. The van der Waals surface area contributed by atoms with Crippen LogP contribution in [-0.4, -0.2) is 10.8 Å². The normalized spacial score (nSPS) is 13.8. The highest BCUT2D eigenvalue weighted by Crippen LogP contribution is 2.31. The summed E-state index contributed by atoms with van der Waals surface area (Å²) in [6.07, 6.45) is 2.73. The number of ketones is 1. The Morgan fingerprint density at radius 3 is 2.93 bits per heavy atom. The zero-order valence-corrected chi connectivity index (χ0v) is 8.85. The SMILES string of the molecule is CC(=O)C1=CCc2c1cc(Cl)nc2C. The number of pyridine rings is 1. The minimum Gasteiger partial charge on any atom is -0.295 e. The molecule has 0 aromatic carbocycles. The first kappa shape index (κ1) is 9.41. The quantitative estimate of drug-likeness (QED) is 0.663. The van der Waals surface area contributed by atoms with Gasteiger partial charge in [-0.05, 0) is 37.5 Å². The van der Waals surface area contributed by atoms with Crippen molar-refractivity contribution >= 4 is 23.0 Å². The van der Waals surface area contributed by atoms with Crippen LogP contribution in [0.1, 0.15) is 23.7 Å². The Labute approximate surface area is 87.6 Å². The fraction of sp³-hybridized carbons (Fsp3) is 0.273. The average Bonchev–Trinajstić information content (AvgIpc) is 2.47. The molecule has 3 heteroatoms. The van der Waals surface area contributed by atoms with Crippen LogP contribution in [0.3, 0.4) is 0 Å². The van der Waals surface area contributed by atoms with Gasteiger partial charge < -0.3 is 0 Å². The van der Waals surface area contributed by atoms with Gasteiger partial charge in [0.05, 0.1) is 0 Å². The maximum Gasteiger partial charge on any atom is 0.160 e. The molecule has 72 valence electrons. The molecule has 0 bridgehead atoms. The smallest absolute Gasteiger partial charge is 0.160 e. The van der Waals surface area contributed by atoms with Gasteiger partial charge in [-0.3, -0.25) is 4.79 Å². The van der Waals surface area contributed by atoms with Gasteiger partial charge in [0.25, 0.3) is 0 Å². The Bertz CT molecular complexity index is 449. The third-order valence-electron chi connectivity index (χ3n) is 2.48. The molecule has 1 aliphatic carbocycles. The van der Waals surface area contributed by atoms with E-state index in [2.05, 4.69) is 4.98 Å². The molecule has 0 atom stereocenters. The Hall–Kier alpha value is -1.15. The Morgan fingerprint density at radius 1 is 1.57 bits per heavy atom. The van der Waals surface area contributed by atoms with Gasteiger partial charge in [-0.25, -0.2) is 4.98 Å². The van der Waals surface area contributed by atoms with E-state index < -0.39 is 0 Å². The summed E-state index contributed by atoms with van der Waals surface area (Å²) < 4.78 is 0. The van der Waals surface area contributed by atoms with Crippen molar-refractivity contribution in [1.82, 2.24) is 4.98 Å². The molecule has 2 nitrogen and oxygen atoms in total. The van der Waals surface area contributed by atoms with E-state index in [1.54, 1.807) is 13.0 Å². The Balaban J connectivity index is 2.61. The third-order valence-corrected chi connectivity index (χ3v) is 2.67. The lowest BCUT2D eigenvalue weighted by atomic mass is 10.0.